The van der Waals surface area contributed by atoms with E-state index >= 15 is 0 Å². The molecule has 0 atom stereocenters. The third kappa shape index (κ3) is 1.41. The molecular weight excluding hydrogens is 220 g/mol. The predicted octanol–water partition coefficient (Wildman–Crippen LogP) is 2.22. The fourth-order valence-corrected chi connectivity index (χ4v) is 2.96. The van der Waals surface area contributed by atoms with Gasteiger partial charge in [-0.2, -0.15) is 11.8 Å². The highest BCUT2D eigenvalue weighted by Crippen LogP contribution is 2.26. The summed E-state index contributed by atoms with van der Waals surface area (Å²) in [6.07, 6.45) is 0. The molecule has 1 N–H and O–H groups in total. The molecule has 0 aliphatic carbocycles. The lowest BCUT2D eigenvalue weighted by atomic mass is 10.2. The second-order valence-corrected chi connectivity index (χ2v) is 5.02. The van der Waals surface area contributed by atoms with Gasteiger partial charge in [-0.1, -0.05) is 17.7 Å². The van der Waals surface area contributed by atoms with Gasteiger partial charge in [0.25, 0.3) is 5.56 Å². The number of H-pyrrole nitrogens is 1. The zero-order chi connectivity index (χ0) is 11.1. The Labute approximate surface area is 97.5 Å². The van der Waals surface area contributed by atoms with Gasteiger partial charge in [-0.05, 0) is 19.1 Å². The molecule has 1 aliphatic heterocycles. The molecular formula is C12H12N2OS. The van der Waals surface area contributed by atoms with Gasteiger partial charge in [0.05, 0.1) is 16.9 Å². The molecule has 0 unspecified atom stereocenters. The summed E-state index contributed by atoms with van der Waals surface area (Å²) in [7, 11) is 0. The molecule has 0 amide bonds. The molecule has 3 nitrogen and oxygen atoms in total. The van der Waals surface area contributed by atoms with Crippen LogP contribution in [0.1, 0.15) is 16.8 Å². The molecule has 0 spiro atoms. The molecule has 1 aromatic heterocycles. The highest BCUT2D eigenvalue weighted by atomic mass is 32.2. The van der Waals surface area contributed by atoms with Crippen molar-refractivity contribution in [2.24, 2.45) is 0 Å². The van der Waals surface area contributed by atoms with Crippen molar-refractivity contribution in [3.63, 3.8) is 0 Å². The Morgan fingerprint density at radius 3 is 2.69 bits per heavy atom. The van der Waals surface area contributed by atoms with E-state index in [1.54, 1.807) is 16.4 Å². The van der Waals surface area contributed by atoms with Crippen LogP contribution in [-0.2, 0) is 11.5 Å². The minimum absolute atomic E-state index is 0.101. The van der Waals surface area contributed by atoms with Crippen molar-refractivity contribution in [2.45, 2.75) is 18.4 Å². The Hall–Kier alpha value is -1.42. The molecule has 16 heavy (non-hydrogen) atoms. The Bertz CT molecular complexity index is 580. The first-order chi connectivity index (χ1) is 7.75. The van der Waals surface area contributed by atoms with E-state index in [4.69, 9.17) is 0 Å². The SMILES string of the molecule is Cc1ccc(-n2[nH]c3c(c2=O)CSC3)cc1. The molecule has 0 fully saturated rings. The number of aromatic nitrogens is 2. The van der Waals surface area contributed by atoms with E-state index in [9.17, 15) is 4.79 Å². The first kappa shape index (κ1) is 9.78. The van der Waals surface area contributed by atoms with Crippen LogP contribution in [0.15, 0.2) is 29.1 Å². The van der Waals surface area contributed by atoms with Crippen molar-refractivity contribution in [1.82, 2.24) is 9.78 Å². The minimum atomic E-state index is 0.101. The third-order valence-corrected chi connectivity index (χ3v) is 3.84. The van der Waals surface area contributed by atoms with Crippen LogP contribution < -0.4 is 5.56 Å². The molecule has 0 bridgehead atoms. The maximum atomic E-state index is 12.1. The first-order valence-corrected chi connectivity index (χ1v) is 6.39. The lowest BCUT2D eigenvalue weighted by Crippen LogP contribution is -2.16. The number of fused-ring (bicyclic) bond motifs is 1. The Morgan fingerprint density at radius 2 is 2.00 bits per heavy atom. The molecule has 4 heteroatoms. The first-order valence-electron chi connectivity index (χ1n) is 5.23. The van der Waals surface area contributed by atoms with Gasteiger partial charge < -0.3 is 0 Å². The van der Waals surface area contributed by atoms with Gasteiger partial charge in [0.1, 0.15) is 0 Å². The molecule has 1 aliphatic rings. The fraction of sp³-hybridized carbons (Fsp3) is 0.250. The average Bonchev–Trinajstić information content (AvgIpc) is 2.84. The number of aryl methyl sites for hydroxylation is 1. The van der Waals surface area contributed by atoms with Crippen LogP contribution in [0.2, 0.25) is 0 Å². The molecule has 3 rings (SSSR count). The fourth-order valence-electron chi connectivity index (χ4n) is 1.92. The van der Waals surface area contributed by atoms with E-state index in [1.165, 1.54) is 5.56 Å². The highest BCUT2D eigenvalue weighted by molar-refractivity contribution is 7.98. The van der Waals surface area contributed by atoms with Gasteiger partial charge in [0.15, 0.2) is 0 Å². The molecule has 2 aromatic rings. The lowest BCUT2D eigenvalue weighted by molar-refractivity contribution is 0.831. The van der Waals surface area contributed by atoms with Crippen molar-refractivity contribution < 1.29 is 0 Å². The van der Waals surface area contributed by atoms with Gasteiger partial charge in [0.2, 0.25) is 0 Å². The molecule has 82 valence electrons. The predicted molar refractivity (Wildman–Crippen MR) is 66.1 cm³/mol. The smallest absolute Gasteiger partial charge is 0.275 e. The van der Waals surface area contributed by atoms with Crippen LogP contribution in [0.3, 0.4) is 0 Å². The van der Waals surface area contributed by atoms with Crippen LogP contribution in [0.5, 0.6) is 0 Å². The third-order valence-electron chi connectivity index (χ3n) is 2.86. The molecule has 0 saturated carbocycles. The van der Waals surface area contributed by atoms with Crippen molar-refractivity contribution in [1.29, 1.82) is 0 Å². The van der Waals surface area contributed by atoms with E-state index in [2.05, 4.69) is 5.10 Å². The monoisotopic (exact) mass is 232 g/mol. The summed E-state index contributed by atoms with van der Waals surface area (Å²) in [5.74, 6) is 1.76. The number of thioether (sulfide) groups is 1. The summed E-state index contributed by atoms with van der Waals surface area (Å²) in [4.78, 5) is 12.1. The quantitative estimate of drug-likeness (QED) is 0.818. The number of nitrogens with zero attached hydrogens (tertiary/aromatic N) is 1. The van der Waals surface area contributed by atoms with Crippen LogP contribution >= 0.6 is 11.8 Å². The summed E-state index contributed by atoms with van der Waals surface area (Å²) in [6, 6.07) is 7.97. The van der Waals surface area contributed by atoms with Crippen LogP contribution in [0, 0.1) is 6.92 Å². The van der Waals surface area contributed by atoms with Crippen LogP contribution in [0.25, 0.3) is 5.69 Å². The van der Waals surface area contributed by atoms with Gasteiger partial charge in [0, 0.05) is 11.5 Å². The summed E-state index contributed by atoms with van der Waals surface area (Å²) in [5.41, 5.74) is 4.23. The number of hydrogen-bond donors (Lipinski definition) is 1. The maximum absolute atomic E-state index is 12.1. The molecule has 1 aromatic carbocycles. The number of benzene rings is 1. The number of aromatic amines is 1. The molecule has 0 saturated heterocycles. The van der Waals surface area contributed by atoms with Crippen LogP contribution in [0.4, 0.5) is 0 Å². The molecule has 0 radical (unpaired) electrons. The Morgan fingerprint density at radius 1 is 1.25 bits per heavy atom. The van der Waals surface area contributed by atoms with Crippen LogP contribution in [-0.4, -0.2) is 9.78 Å². The van der Waals surface area contributed by atoms with E-state index in [-0.39, 0.29) is 5.56 Å². The summed E-state index contributed by atoms with van der Waals surface area (Å²) in [5, 5.41) is 3.18. The lowest BCUT2D eigenvalue weighted by Gasteiger charge is -2.02. The van der Waals surface area contributed by atoms with E-state index in [0.717, 1.165) is 28.5 Å². The summed E-state index contributed by atoms with van der Waals surface area (Å²) < 4.78 is 1.64. The maximum Gasteiger partial charge on any atom is 0.275 e. The van der Waals surface area contributed by atoms with E-state index < -0.39 is 0 Å². The van der Waals surface area contributed by atoms with E-state index in [1.807, 2.05) is 31.2 Å². The number of nitrogens with one attached hydrogen (secondary N) is 1. The van der Waals surface area contributed by atoms with E-state index in [0.29, 0.717) is 0 Å². The zero-order valence-corrected chi connectivity index (χ0v) is 9.80. The van der Waals surface area contributed by atoms with Crippen molar-refractivity contribution in [3.05, 3.63) is 51.4 Å². The van der Waals surface area contributed by atoms with Crippen molar-refractivity contribution in [2.75, 3.05) is 0 Å². The second kappa shape index (κ2) is 3.56. The van der Waals surface area contributed by atoms with Gasteiger partial charge >= 0.3 is 0 Å². The second-order valence-electron chi connectivity index (χ2n) is 4.04. The van der Waals surface area contributed by atoms with Gasteiger partial charge in [-0.15, -0.1) is 0 Å². The summed E-state index contributed by atoms with van der Waals surface area (Å²) in [6.45, 7) is 2.04. The zero-order valence-electron chi connectivity index (χ0n) is 8.99. The Kier molecular flexibility index (Phi) is 2.17. The van der Waals surface area contributed by atoms with Gasteiger partial charge in [-0.25, -0.2) is 4.68 Å². The largest absolute Gasteiger partial charge is 0.294 e. The highest BCUT2D eigenvalue weighted by Gasteiger charge is 2.19. The summed E-state index contributed by atoms with van der Waals surface area (Å²) >= 11 is 1.79. The van der Waals surface area contributed by atoms with Crippen molar-refractivity contribution >= 4 is 11.8 Å². The topological polar surface area (TPSA) is 37.8 Å². The number of rotatable bonds is 1. The Balaban J connectivity index is 2.14. The molecule has 2 heterocycles. The number of hydrogen-bond acceptors (Lipinski definition) is 2. The average molecular weight is 232 g/mol. The van der Waals surface area contributed by atoms with Gasteiger partial charge in [-0.3, -0.25) is 9.89 Å². The standard InChI is InChI=1S/C12H12N2OS/c1-8-2-4-9(5-3-8)14-12(15)10-6-16-7-11(10)13-14/h2-5,13H,6-7H2,1H3. The van der Waals surface area contributed by atoms with Crippen molar-refractivity contribution in [3.8, 4) is 5.69 Å². The minimum Gasteiger partial charge on any atom is -0.294 e. The normalized spacial score (nSPS) is 14.1.